The van der Waals surface area contributed by atoms with Crippen molar-refractivity contribution in [2.75, 3.05) is 13.3 Å². The number of benzene rings is 1. The zero-order chi connectivity index (χ0) is 17.4. The molecule has 0 bridgehead atoms. The molecule has 0 aliphatic rings. The van der Waals surface area contributed by atoms with Crippen molar-refractivity contribution in [2.24, 2.45) is 0 Å². The van der Waals surface area contributed by atoms with Gasteiger partial charge < -0.3 is 4.74 Å². The predicted molar refractivity (Wildman–Crippen MR) is 91.3 cm³/mol. The normalized spacial score (nSPS) is 9.83. The Kier molecular flexibility index (Phi) is 7.69. The van der Waals surface area contributed by atoms with Gasteiger partial charge in [0.05, 0.1) is 0 Å². The van der Waals surface area contributed by atoms with Crippen molar-refractivity contribution in [1.82, 2.24) is 4.98 Å². The number of alkyl halides is 1. The molecule has 1 heterocycles. The van der Waals surface area contributed by atoms with Gasteiger partial charge in [-0.05, 0) is 48.4 Å². The van der Waals surface area contributed by atoms with Crippen molar-refractivity contribution in [3.05, 3.63) is 59.0 Å². The lowest BCUT2D eigenvalue weighted by Crippen LogP contribution is -2.05. The van der Waals surface area contributed by atoms with Crippen LogP contribution in [-0.2, 0) is 0 Å². The van der Waals surface area contributed by atoms with Crippen molar-refractivity contribution >= 4 is 11.6 Å². The monoisotopic (exact) mass is 339 g/mol. The molecule has 0 aliphatic carbocycles. The van der Waals surface area contributed by atoms with Gasteiger partial charge in [-0.3, -0.25) is 0 Å². The summed E-state index contributed by atoms with van der Waals surface area (Å²) in [4.78, 5) is 4.23. The van der Waals surface area contributed by atoms with Crippen LogP contribution in [0.4, 0.5) is 8.78 Å². The average molecular weight is 340 g/mol. The van der Waals surface area contributed by atoms with Crippen LogP contribution in [0.3, 0.4) is 0 Å². The number of halogens is 3. The van der Waals surface area contributed by atoms with Crippen LogP contribution < -0.4 is 4.74 Å². The average Bonchev–Trinajstić information content (AvgIpc) is 2.55. The molecule has 0 saturated carbocycles. The van der Waals surface area contributed by atoms with Crippen molar-refractivity contribution < 1.29 is 13.5 Å². The van der Waals surface area contributed by atoms with E-state index >= 15 is 0 Å². The molecule has 0 spiro atoms. The Bertz CT molecular complexity index is 657. The van der Waals surface area contributed by atoms with E-state index in [1.54, 1.807) is 18.2 Å². The van der Waals surface area contributed by atoms with E-state index in [1.165, 1.54) is 12.1 Å². The Morgan fingerprint density at radius 1 is 1.26 bits per heavy atom. The first kappa shape index (κ1) is 19.1. The predicted octanol–water partition coefficient (Wildman–Crippen LogP) is 5.78. The van der Waals surface area contributed by atoms with Crippen molar-refractivity contribution in [2.45, 2.75) is 20.8 Å². The summed E-state index contributed by atoms with van der Waals surface area (Å²) in [6.45, 7) is 8.77. The molecule has 1 aromatic carbocycles. The van der Waals surface area contributed by atoms with Gasteiger partial charge in [0.1, 0.15) is 35.7 Å². The summed E-state index contributed by atoms with van der Waals surface area (Å²) < 4.78 is 31.1. The molecule has 0 saturated heterocycles. The van der Waals surface area contributed by atoms with Gasteiger partial charge in [0.2, 0.25) is 0 Å². The maximum Gasteiger partial charge on any atom is 0.149 e. The van der Waals surface area contributed by atoms with Gasteiger partial charge >= 0.3 is 0 Å². The van der Waals surface area contributed by atoms with Crippen LogP contribution in [0, 0.1) is 12.7 Å². The second-order valence-corrected chi connectivity index (χ2v) is 5.01. The maximum absolute atomic E-state index is 13.0. The van der Waals surface area contributed by atoms with E-state index in [1.807, 2.05) is 20.8 Å². The van der Waals surface area contributed by atoms with Crippen LogP contribution in [0.2, 0.25) is 5.15 Å². The van der Waals surface area contributed by atoms with Gasteiger partial charge in [-0.1, -0.05) is 32.0 Å². The molecule has 0 amide bonds. The highest BCUT2D eigenvalue weighted by Gasteiger charge is 2.13. The molecule has 0 unspecified atom stereocenters. The largest absolute Gasteiger partial charge is 0.487 e. The summed E-state index contributed by atoms with van der Waals surface area (Å²) in [5.74, 6) is 0.145. The maximum atomic E-state index is 13.0. The van der Waals surface area contributed by atoms with Gasteiger partial charge in [-0.2, -0.15) is 0 Å². The van der Waals surface area contributed by atoms with Gasteiger partial charge in [0.25, 0.3) is 0 Å². The van der Waals surface area contributed by atoms with E-state index in [0.29, 0.717) is 27.7 Å². The highest BCUT2D eigenvalue weighted by molar-refractivity contribution is 6.29. The molecule has 0 atom stereocenters. The van der Waals surface area contributed by atoms with Crippen LogP contribution >= 0.6 is 11.6 Å². The van der Waals surface area contributed by atoms with E-state index in [-0.39, 0.29) is 12.4 Å². The van der Waals surface area contributed by atoms with Crippen LogP contribution in [0.15, 0.2) is 42.5 Å². The molecule has 1 aromatic heterocycles. The molecule has 2 aromatic rings. The quantitative estimate of drug-likeness (QED) is 0.509. The third-order valence-electron chi connectivity index (χ3n) is 2.85. The number of ether oxygens (including phenoxy) is 1. The van der Waals surface area contributed by atoms with E-state index in [0.717, 1.165) is 5.56 Å². The summed E-state index contributed by atoms with van der Waals surface area (Å²) in [5, 5.41) is 0.309. The fraction of sp³-hybridized carbons (Fsp3) is 0.278. The summed E-state index contributed by atoms with van der Waals surface area (Å²) in [7, 11) is 0. The van der Waals surface area contributed by atoms with Crippen LogP contribution in [-0.4, -0.2) is 18.3 Å². The molecule has 0 N–H and O–H groups in total. The SMILES string of the molecule is C=C(CF)COc1c(C)cc(Cl)nc1-c1ccc(F)cc1.CC. The zero-order valence-electron chi connectivity index (χ0n) is 13.5. The first-order chi connectivity index (χ1) is 11.0. The van der Waals surface area contributed by atoms with Crippen LogP contribution in [0.1, 0.15) is 19.4 Å². The lowest BCUT2D eigenvalue weighted by Gasteiger charge is -2.14. The Hall–Kier alpha value is -1.94. The fourth-order valence-corrected chi connectivity index (χ4v) is 2.07. The molecular formula is C18H20ClF2NO. The van der Waals surface area contributed by atoms with Gasteiger partial charge in [0, 0.05) is 5.56 Å². The lowest BCUT2D eigenvalue weighted by molar-refractivity contribution is 0.336. The third kappa shape index (κ3) is 5.32. The molecule has 0 radical (unpaired) electrons. The third-order valence-corrected chi connectivity index (χ3v) is 3.05. The Balaban J connectivity index is 0.00000127. The standard InChI is InChI=1S/C16H14ClF2NO.C2H6/c1-10(8-18)9-21-16-11(2)7-14(17)20-15(16)12-3-5-13(19)6-4-12;1-2/h3-7H,1,8-9H2,2H3;1-2H3. The van der Waals surface area contributed by atoms with E-state index in [4.69, 9.17) is 16.3 Å². The first-order valence-corrected chi connectivity index (χ1v) is 7.67. The zero-order valence-corrected chi connectivity index (χ0v) is 14.3. The number of aryl methyl sites for hydroxylation is 1. The van der Waals surface area contributed by atoms with Crippen LogP contribution in [0.5, 0.6) is 5.75 Å². The first-order valence-electron chi connectivity index (χ1n) is 7.29. The fourth-order valence-electron chi connectivity index (χ4n) is 1.82. The van der Waals surface area contributed by atoms with Crippen LogP contribution in [0.25, 0.3) is 11.3 Å². The lowest BCUT2D eigenvalue weighted by atomic mass is 10.1. The van der Waals surface area contributed by atoms with Crippen molar-refractivity contribution in [1.29, 1.82) is 0 Å². The number of hydrogen-bond acceptors (Lipinski definition) is 2. The number of pyridine rings is 1. The Labute approximate surface area is 140 Å². The Morgan fingerprint density at radius 3 is 2.43 bits per heavy atom. The molecule has 124 valence electrons. The summed E-state index contributed by atoms with van der Waals surface area (Å²) in [6.07, 6.45) is 0. The Morgan fingerprint density at radius 2 is 1.87 bits per heavy atom. The number of nitrogens with zero attached hydrogens (tertiary/aromatic N) is 1. The number of aromatic nitrogens is 1. The summed E-state index contributed by atoms with van der Waals surface area (Å²) >= 11 is 5.97. The molecular weight excluding hydrogens is 320 g/mol. The minimum atomic E-state index is -0.647. The van der Waals surface area contributed by atoms with E-state index in [2.05, 4.69) is 11.6 Å². The topological polar surface area (TPSA) is 22.1 Å². The number of rotatable bonds is 5. The van der Waals surface area contributed by atoms with Crippen molar-refractivity contribution in [3.63, 3.8) is 0 Å². The highest BCUT2D eigenvalue weighted by atomic mass is 35.5. The number of hydrogen-bond donors (Lipinski definition) is 0. The second kappa shape index (κ2) is 9.26. The van der Waals surface area contributed by atoms with Gasteiger partial charge in [0.15, 0.2) is 0 Å². The van der Waals surface area contributed by atoms with E-state index in [9.17, 15) is 8.78 Å². The smallest absolute Gasteiger partial charge is 0.149 e. The van der Waals surface area contributed by atoms with Gasteiger partial charge in [-0.15, -0.1) is 0 Å². The second-order valence-electron chi connectivity index (χ2n) is 4.62. The minimum absolute atomic E-state index is 0.0504. The minimum Gasteiger partial charge on any atom is -0.487 e. The molecule has 23 heavy (non-hydrogen) atoms. The molecule has 0 fully saturated rings. The van der Waals surface area contributed by atoms with Gasteiger partial charge in [-0.25, -0.2) is 13.8 Å². The molecule has 2 nitrogen and oxygen atoms in total. The molecule has 5 heteroatoms. The summed E-state index contributed by atoms with van der Waals surface area (Å²) in [6, 6.07) is 7.49. The molecule has 0 aliphatic heterocycles. The molecule has 2 rings (SSSR count). The van der Waals surface area contributed by atoms with E-state index < -0.39 is 6.67 Å². The summed E-state index contributed by atoms with van der Waals surface area (Å²) in [5.41, 5.74) is 2.25. The van der Waals surface area contributed by atoms with Crippen molar-refractivity contribution in [3.8, 4) is 17.0 Å². The highest BCUT2D eigenvalue weighted by Crippen LogP contribution is 2.33.